The fourth-order valence-electron chi connectivity index (χ4n) is 5.48. The van der Waals surface area contributed by atoms with Crippen molar-refractivity contribution in [2.24, 2.45) is 11.3 Å². The van der Waals surface area contributed by atoms with Crippen molar-refractivity contribution in [3.8, 4) is 0 Å². The van der Waals surface area contributed by atoms with E-state index in [1.165, 1.54) is 6.07 Å². The first kappa shape index (κ1) is 23.2. The van der Waals surface area contributed by atoms with Crippen LogP contribution in [0.25, 0.3) is 0 Å². The lowest BCUT2D eigenvalue weighted by atomic mass is 9.57. The summed E-state index contributed by atoms with van der Waals surface area (Å²) in [5, 5.41) is 6.47. The van der Waals surface area contributed by atoms with E-state index in [1.807, 2.05) is 0 Å². The number of nitrogen functional groups attached to an aromatic ring is 1. The van der Waals surface area contributed by atoms with Gasteiger partial charge in [0, 0.05) is 23.7 Å². The largest absolute Gasteiger partial charge is 0.416 e. The number of amides is 1. The maximum Gasteiger partial charge on any atom is 0.416 e. The Morgan fingerprint density at radius 3 is 2.65 bits per heavy atom. The second-order valence-electron chi connectivity index (χ2n) is 9.63. The van der Waals surface area contributed by atoms with Crippen molar-refractivity contribution in [2.75, 3.05) is 24.1 Å². The number of carbonyl (C=O) groups excluding carboxylic acids is 1. The van der Waals surface area contributed by atoms with E-state index in [2.05, 4.69) is 20.6 Å². The van der Waals surface area contributed by atoms with Crippen molar-refractivity contribution in [1.29, 1.82) is 0 Å². The van der Waals surface area contributed by atoms with E-state index in [1.54, 1.807) is 4.90 Å². The molecule has 182 valence electrons. The minimum Gasteiger partial charge on any atom is -0.399 e. The predicted molar refractivity (Wildman–Crippen MR) is 122 cm³/mol. The summed E-state index contributed by atoms with van der Waals surface area (Å²) in [6.07, 6.45) is -0.402. The molecule has 3 aliphatic rings. The molecule has 0 atom stereocenters. The summed E-state index contributed by atoms with van der Waals surface area (Å²) < 4.78 is 39.4. The highest BCUT2D eigenvalue weighted by atomic mass is 35.5. The first-order valence-electron chi connectivity index (χ1n) is 11.4. The van der Waals surface area contributed by atoms with Crippen molar-refractivity contribution >= 4 is 29.0 Å². The summed E-state index contributed by atoms with van der Waals surface area (Å²) >= 11 is 6.11. The number of fused-ring (bicyclic) bond motifs is 1. The van der Waals surface area contributed by atoms with Crippen molar-refractivity contribution < 1.29 is 18.0 Å². The Labute approximate surface area is 200 Å². The molecule has 34 heavy (non-hydrogen) atoms. The van der Waals surface area contributed by atoms with Crippen LogP contribution in [-0.4, -0.2) is 33.9 Å². The molecule has 2 fully saturated rings. The van der Waals surface area contributed by atoms with Crippen LogP contribution in [0.4, 0.5) is 24.7 Å². The highest BCUT2D eigenvalue weighted by molar-refractivity contribution is 6.28. The number of carbonyl (C=O) groups is 1. The van der Waals surface area contributed by atoms with Crippen LogP contribution >= 0.6 is 11.6 Å². The molecule has 2 aromatic rings. The number of piperidine rings is 1. The van der Waals surface area contributed by atoms with E-state index in [9.17, 15) is 18.0 Å². The third-order valence-corrected chi connectivity index (χ3v) is 7.41. The van der Waals surface area contributed by atoms with E-state index in [-0.39, 0.29) is 29.3 Å². The lowest BCUT2D eigenvalue weighted by molar-refractivity contribution is -0.145. The number of hydrogen-bond acceptors (Lipinski definition) is 6. The fourth-order valence-corrected chi connectivity index (χ4v) is 5.67. The van der Waals surface area contributed by atoms with Gasteiger partial charge in [0.1, 0.15) is 5.82 Å². The van der Waals surface area contributed by atoms with Gasteiger partial charge < -0.3 is 21.3 Å². The summed E-state index contributed by atoms with van der Waals surface area (Å²) in [7, 11) is 0. The number of alkyl halides is 3. The number of nitrogens with one attached hydrogen (secondary N) is 2. The average Bonchev–Trinajstić information content (AvgIpc) is 3.19. The molecule has 0 radical (unpaired) electrons. The van der Waals surface area contributed by atoms with Crippen LogP contribution < -0.4 is 16.4 Å². The SMILES string of the molecule is Nc1cc(CNc2nc(Cl)nc3c2CN(C(=O)C2CC4(CCNCC4)C2)C3)cc(C(F)(F)F)c1. The number of rotatable bonds is 4. The van der Waals surface area contributed by atoms with Crippen LogP contribution in [0.2, 0.25) is 5.28 Å². The maximum atomic E-state index is 13.2. The zero-order chi connectivity index (χ0) is 24.1. The molecule has 1 amide bonds. The number of nitrogens with zero attached hydrogens (tertiary/aromatic N) is 3. The monoisotopic (exact) mass is 494 g/mol. The van der Waals surface area contributed by atoms with Gasteiger partial charge in [-0.25, -0.2) is 9.97 Å². The van der Waals surface area contributed by atoms with Crippen LogP contribution in [0.1, 0.15) is 48.1 Å². The summed E-state index contributed by atoms with van der Waals surface area (Å²) in [6, 6.07) is 3.43. The summed E-state index contributed by atoms with van der Waals surface area (Å²) in [5.74, 6) is 0.569. The van der Waals surface area contributed by atoms with E-state index < -0.39 is 11.7 Å². The molecule has 3 heterocycles. The third kappa shape index (κ3) is 4.53. The van der Waals surface area contributed by atoms with Gasteiger partial charge in [-0.15, -0.1) is 0 Å². The molecule has 11 heteroatoms. The zero-order valence-corrected chi connectivity index (χ0v) is 19.3. The van der Waals surface area contributed by atoms with E-state index in [0.29, 0.717) is 35.6 Å². The molecular weight excluding hydrogens is 469 g/mol. The van der Waals surface area contributed by atoms with Crippen LogP contribution in [-0.2, 0) is 30.6 Å². The molecule has 1 aromatic heterocycles. The van der Waals surface area contributed by atoms with Gasteiger partial charge in [0.2, 0.25) is 11.2 Å². The van der Waals surface area contributed by atoms with Crippen molar-refractivity contribution in [1.82, 2.24) is 20.2 Å². The van der Waals surface area contributed by atoms with Gasteiger partial charge in [-0.05, 0) is 79.6 Å². The minimum atomic E-state index is -4.49. The average molecular weight is 495 g/mol. The van der Waals surface area contributed by atoms with E-state index in [4.69, 9.17) is 17.3 Å². The van der Waals surface area contributed by atoms with Crippen LogP contribution in [0.3, 0.4) is 0 Å². The van der Waals surface area contributed by atoms with Crippen molar-refractivity contribution in [2.45, 2.75) is 51.5 Å². The number of halogens is 4. The topological polar surface area (TPSA) is 96.2 Å². The summed E-state index contributed by atoms with van der Waals surface area (Å²) in [5.41, 5.74) is 6.97. The predicted octanol–water partition coefficient (Wildman–Crippen LogP) is 3.97. The molecule has 5 rings (SSSR count). The molecule has 1 aromatic carbocycles. The molecule has 2 aliphatic heterocycles. The Kier molecular flexibility index (Phi) is 5.84. The van der Waals surface area contributed by atoms with Gasteiger partial charge in [0.15, 0.2) is 0 Å². The maximum absolute atomic E-state index is 13.2. The van der Waals surface area contributed by atoms with Gasteiger partial charge >= 0.3 is 6.18 Å². The van der Waals surface area contributed by atoms with Gasteiger partial charge in [-0.1, -0.05) is 0 Å². The quantitative estimate of drug-likeness (QED) is 0.440. The highest BCUT2D eigenvalue weighted by Crippen LogP contribution is 2.52. The fraction of sp³-hybridized carbons (Fsp3) is 0.522. The number of hydrogen-bond donors (Lipinski definition) is 3. The van der Waals surface area contributed by atoms with E-state index >= 15 is 0 Å². The lowest BCUT2D eigenvalue weighted by Gasteiger charge is -2.50. The number of benzene rings is 1. The molecule has 0 unspecified atom stereocenters. The minimum absolute atomic E-state index is 0.0245. The Morgan fingerprint density at radius 2 is 1.94 bits per heavy atom. The Balaban J connectivity index is 1.27. The molecule has 0 bridgehead atoms. The van der Waals surface area contributed by atoms with E-state index in [0.717, 1.165) is 56.5 Å². The molecule has 4 N–H and O–H groups in total. The number of nitrogens with two attached hydrogens (primary N) is 1. The second kappa shape index (κ2) is 8.57. The third-order valence-electron chi connectivity index (χ3n) is 7.24. The Bertz CT molecular complexity index is 1110. The van der Waals surface area contributed by atoms with Gasteiger partial charge in [-0.3, -0.25) is 4.79 Å². The lowest BCUT2D eigenvalue weighted by Crippen LogP contribution is -2.50. The van der Waals surface area contributed by atoms with Crippen molar-refractivity contribution in [3.63, 3.8) is 0 Å². The number of anilines is 2. The molecule has 7 nitrogen and oxygen atoms in total. The first-order valence-corrected chi connectivity index (χ1v) is 11.7. The van der Waals surface area contributed by atoms with Crippen molar-refractivity contribution in [3.05, 3.63) is 45.9 Å². The molecule has 1 aliphatic carbocycles. The van der Waals surface area contributed by atoms with Gasteiger partial charge in [0.25, 0.3) is 0 Å². The normalized spacial score (nSPS) is 19.7. The molecule has 1 saturated carbocycles. The Morgan fingerprint density at radius 1 is 1.21 bits per heavy atom. The first-order chi connectivity index (χ1) is 16.1. The standard InChI is InChI=1S/C23H26ClF3N6O/c24-21-31-18-12-33(20(34)14-8-22(9-14)1-3-29-4-2-22)11-17(18)19(32-21)30-10-13-5-15(23(25,26)27)7-16(28)6-13/h5-7,14,29H,1-4,8-12,28H2,(H,30,31,32). The molecule has 1 saturated heterocycles. The van der Waals surface area contributed by atoms with Crippen LogP contribution in [0.5, 0.6) is 0 Å². The smallest absolute Gasteiger partial charge is 0.399 e. The summed E-state index contributed by atoms with van der Waals surface area (Å²) in [4.78, 5) is 23.5. The van der Waals surface area contributed by atoms with Crippen LogP contribution in [0.15, 0.2) is 18.2 Å². The highest BCUT2D eigenvalue weighted by Gasteiger charge is 2.49. The molecule has 1 spiro atoms. The summed E-state index contributed by atoms with van der Waals surface area (Å²) in [6.45, 7) is 2.80. The molecular formula is C23H26ClF3N6O. The Hall–Kier alpha value is -2.59. The second-order valence-corrected chi connectivity index (χ2v) is 9.97. The van der Waals surface area contributed by atoms with Crippen LogP contribution in [0, 0.1) is 11.3 Å². The van der Waals surface area contributed by atoms with Gasteiger partial charge in [0.05, 0.1) is 24.3 Å². The van der Waals surface area contributed by atoms with Gasteiger partial charge in [-0.2, -0.15) is 13.2 Å². The zero-order valence-electron chi connectivity index (χ0n) is 18.5. The number of aromatic nitrogens is 2.